The summed E-state index contributed by atoms with van der Waals surface area (Å²) in [4.78, 5) is 2.59. The molecular formula is C19H34N2. The molecule has 1 N–H and O–H groups in total. The van der Waals surface area contributed by atoms with E-state index in [1.807, 2.05) is 0 Å². The van der Waals surface area contributed by atoms with Crippen LogP contribution < -0.4 is 10.2 Å². The van der Waals surface area contributed by atoms with E-state index < -0.39 is 0 Å². The van der Waals surface area contributed by atoms with Crippen molar-refractivity contribution in [1.82, 2.24) is 5.32 Å². The minimum absolute atomic E-state index is 0.650. The first-order valence-corrected chi connectivity index (χ1v) is 8.68. The molecule has 2 heteroatoms. The molecular weight excluding hydrogens is 256 g/mol. The molecule has 21 heavy (non-hydrogen) atoms. The molecule has 0 radical (unpaired) electrons. The fourth-order valence-electron chi connectivity index (χ4n) is 2.80. The van der Waals surface area contributed by atoms with Gasteiger partial charge in [0.25, 0.3) is 0 Å². The van der Waals surface area contributed by atoms with Crippen molar-refractivity contribution in [1.29, 1.82) is 0 Å². The van der Waals surface area contributed by atoms with E-state index in [2.05, 4.69) is 69.1 Å². The predicted molar refractivity (Wildman–Crippen MR) is 95.0 cm³/mol. The van der Waals surface area contributed by atoms with E-state index in [1.165, 1.54) is 30.5 Å². The summed E-state index contributed by atoms with van der Waals surface area (Å²) in [7, 11) is 0. The molecule has 2 nitrogen and oxygen atoms in total. The van der Waals surface area contributed by atoms with Crippen molar-refractivity contribution < 1.29 is 0 Å². The molecule has 0 bridgehead atoms. The van der Waals surface area contributed by atoms with Gasteiger partial charge in [-0.3, -0.25) is 0 Å². The Balaban J connectivity index is 2.77. The van der Waals surface area contributed by atoms with Crippen molar-refractivity contribution in [2.75, 3.05) is 18.0 Å². The van der Waals surface area contributed by atoms with Gasteiger partial charge in [-0.15, -0.1) is 0 Å². The Bertz CT molecular complexity index is 366. The molecule has 0 aromatic heterocycles. The van der Waals surface area contributed by atoms with E-state index in [0.29, 0.717) is 12.0 Å². The smallest absolute Gasteiger partial charge is 0.0368 e. The maximum Gasteiger partial charge on any atom is 0.0368 e. The molecule has 1 aromatic rings. The quantitative estimate of drug-likeness (QED) is 0.620. The van der Waals surface area contributed by atoms with Crippen LogP contribution in [0.1, 0.15) is 59.4 Å². The van der Waals surface area contributed by atoms with Crippen LogP contribution in [0.15, 0.2) is 24.3 Å². The van der Waals surface area contributed by atoms with Crippen LogP contribution in [0.5, 0.6) is 0 Å². The lowest BCUT2D eigenvalue weighted by Crippen LogP contribution is -2.37. The molecule has 1 aromatic carbocycles. The fourth-order valence-corrected chi connectivity index (χ4v) is 2.80. The summed E-state index contributed by atoms with van der Waals surface area (Å²) in [5.74, 6) is 0.691. The SMILES string of the molecule is CCCNCc1ccc(N(CC(C)C)C(CC)CC)cc1. The lowest BCUT2D eigenvalue weighted by atomic mass is 10.1. The van der Waals surface area contributed by atoms with Crippen LogP contribution in [0, 0.1) is 5.92 Å². The van der Waals surface area contributed by atoms with Crippen molar-refractivity contribution in [3.05, 3.63) is 29.8 Å². The molecule has 0 aliphatic heterocycles. The average Bonchev–Trinajstić information content (AvgIpc) is 2.48. The monoisotopic (exact) mass is 290 g/mol. The van der Waals surface area contributed by atoms with Crippen molar-refractivity contribution in [3.63, 3.8) is 0 Å². The Morgan fingerprint density at radius 3 is 2.10 bits per heavy atom. The van der Waals surface area contributed by atoms with Gasteiger partial charge in [0.15, 0.2) is 0 Å². The highest BCUT2D eigenvalue weighted by atomic mass is 15.2. The lowest BCUT2D eigenvalue weighted by Gasteiger charge is -2.34. The molecule has 1 rings (SSSR count). The first kappa shape index (κ1) is 18.0. The van der Waals surface area contributed by atoms with Crippen LogP contribution in [-0.2, 0) is 6.54 Å². The second-order valence-corrected chi connectivity index (χ2v) is 6.36. The van der Waals surface area contributed by atoms with Gasteiger partial charge in [0.05, 0.1) is 0 Å². The van der Waals surface area contributed by atoms with Crippen LogP contribution in [-0.4, -0.2) is 19.1 Å². The number of hydrogen-bond donors (Lipinski definition) is 1. The number of anilines is 1. The van der Waals surface area contributed by atoms with Crippen molar-refractivity contribution in [2.45, 2.75) is 66.5 Å². The zero-order valence-electron chi connectivity index (χ0n) is 14.7. The van der Waals surface area contributed by atoms with E-state index in [9.17, 15) is 0 Å². The van der Waals surface area contributed by atoms with E-state index >= 15 is 0 Å². The fraction of sp³-hybridized carbons (Fsp3) is 0.684. The summed E-state index contributed by atoms with van der Waals surface area (Å²) in [6, 6.07) is 9.78. The second-order valence-electron chi connectivity index (χ2n) is 6.36. The van der Waals surface area contributed by atoms with Crippen molar-refractivity contribution in [2.24, 2.45) is 5.92 Å². The third-order valence-corrected chi connectivity index (χ3v) is 3.97. The van der Waals surface area contributed by atoms with Gasteiger partial charge in [0.1, 0.15) is 0 Å². The largest absolute Gasteiger partial charge is 0.368 e. The highest BCUT2D eigenvalue weighted by Crippen LogP contribution is 2.22. The maximum atomic E-state index is 3.46. The normalized spacial score (nSPS) is 11.4. The van der Waals surface area contributed by atoms with E-state index in [4.69, 9.17) is 0 Å². The highest BCUT2D eigenvalue weighted by molar-refractivity contribution is 5.48. The van der Waals surface area contributed by atoms with E-state index in [0.717, 1.165) is 19.6 Å². The molecule has 120 valence electrons. The summed E-state index contributed by atoms with van der Waals surface area (Å²) in [6.07, 6.45) is 3.61. The average molecular weight is 290 g/mol. The molecule has 0 spiro atoms. The third kappa shape index (κ3) is 6.09. The Morgan fingerprint density at radius 2 is 1.62 bits per heavy atom. The Morgan fingerprint density at radius 1 is 1.00 bits per heavy atom. The summed E-state index contributed by atoms with van der Waals surface area (Å²) in [5, 5.41) is 3.46. The van der Waals surface area contributed by atoms with Gasteiger partial charge in [-0.2, -0.15) is 0 Å². The van der Waals surface area contributed by atoms with E-state index in [1.54, 1.807) is 0 Å². The van der Waals surface area contributed by atoms with Crippen LogP contribution in [0.25, 0.3) is 0 Å². The minimum atomic E-state index is 0.650. The zero-order chi connectivity index (χ0) is 15.7. The summed E-state index contributed by atoms with van der Waals surface area (Å²) < 4.78 is 0. The van der Waals surface area contributed by atoms with Gasteiger partial charge >= 0.3 is 0 Å². The van der Waals surface area contributed by atoms with Gasteiger partial charge in [0.2, 0.25) is 0 Å². The van der Waals surface area contributed by atoms with Gasteiger partial charge in [-0.1, -0.05) is 46.8 Å². The second kappa shape index (κ2) is 9.83. The van der Waals surface area contributed by atoms with Crippen LogP contribution in [0.2, 0.25) is 0 Å². The highest BCUT2D eigenvalue weighted by Gasteiger charge is 2.16. The molecule has 0 fully saturated rings. The van der Waals surface area contributed by atoms with Crippen molar-refractivity contribution >= 4 is 5.69 Å². The maximum absolute atomic E-state index is 3.46. The number of benzene rings is 1. The molecule has 0 amide bonds. The summed E-state index contributed by atoms with van der Waals surface area (Å²) >= 11 is 0. The van der Waals surface area contributed by atoms with Gasteiger partial charge in [-0.25, -0.2) is 0 Å². The first-order valence-electron chi connectivity index (χ1n) is 8.68. The van der Waals surface area contributed by atoms with Gasteiger partial charge in [0, 0.05) is 24.8 Å². The summed E-state index contributed by atoms with van der Waals surface area (Å²) in [5.41, 5.74) is 2.75. The van der Waals surface area contributed by atoms with Crippen molar-refractivity contribution in [3.8, 4) is 0 Å². The molecule has 0 unspecified atom stereocenters. The topological polar surface area (TPSA) is 15.3 Å². The zero-order valence-corrected chi connectivity index (χ0v) is 14.7. The Kier molecular flexibility index (Phi) is 8.44. The minimum Gasteiger partial charge on any atom is -0.368 e. The van der Waals surface area contributed by atoms with Gasteiger partial charge < -0.3 is 10.2 Å². The standard InChI is InChI=1S/C19H34N2/c1-6-13-20-14-17-9-11-19(12-10-17)21(15-16(4)5)18(7-2)8-3/h9-12,16,18,20H,6-8,13-15H2,1-5H3. The lowest BCUT2D eigenvalue weighted by molar-refractivity contribution is 0.507. The Hall–Kier alpha value is -1.02. The number of hydrogen-bond acceptors (Lipinski definition) is 2. The van der Waals surface area contributed by atoms with Crippen LogP contribution in [0.4, 0.5) is 5.69 Å². The predicted octanol–water partition coefficient (Wildman–Crippen LogP) is 4.84. The molecule has 0 saturated heterocycles. The molecule has 0 saturated carbocycles. The number of nitrogens with zero attached hydrogens (tertiary/aromatic N) is 1. The summed E-state index contributed by atoms with van der Waals surface area (Å²) in [6.45, 7) is 14.6. The third-order valence-electron chi connectivity index (χ3n) is 3.97. The van der Waals surface area contributed by atoms with Crippen LogP contribution in [0.3, 0.4) is 0 Å². The molecule has 0 atom stereocenters. The number of nitrogens with one attached hydrogen (secondary N) is 1. The molecule has 0 aliphatic rings. The Labute approximate surface area is 131 Å². The molecule has 0 heterocycles. The van der Waals surface area contributed by atoms with Crippen LogP contribution >= 0.6 is 0 Å². The van der Waals surface area contributed by atoms with Gasteiger partial charge in [-0.05, 0) is 49.4 Å². The van der Waals surface area contributed by atoms with E-state index in [-0.39, 0.29) is 0 Å². The number of rotatable bonds is 10. The molecule has 0 aliphatic carbocycles. The first-order chi connectivity index (χ1) is 10.1.